The lowest BCUT2D eigenvalue weighted by molar-refractivity contribution is 0.558. The van der Waals surface area contributed by atoms with Gasteiger partial charge in [-0.15, -0.1) is 21.5 Å². The van der Waals surface area contributed by atoms with E-state index in [-0.39, 0.29) is 11.2 Å². The summed E-state index contributed by atoms with van der Waals surface area (Å²) in [6, 6.07) is 10.1. The van der Waals surface area contributed by atoms with Gasteiger partial charge < -0.3 is 9.80 Å². The molecule has 3 aromatic heterocycles. The van der Waals surface area contributed by atoms with E-state index in [9.17, 15) is 8.42 Å². The Morgan fingerprint density at radius 3 is 2.10 bits per heavy atom. The van der Waals surface area contributed by atoms with Crippen LogP contribution in [0.1, 0.15) is 116 Å². The van der Waals surface area contributed by atoms with Crippen molar-refractivity contribution >= 4 is 49.5 Å². The molecule has 0 radical (unpaired) electrons. The average Bonchev–Trinajstić information content (AvgIpc) is 3.76. The highest BCUT2D eigenvalue weighted by atomic mass is 32.2. The maximum atomic E-state index is 13.4. The number of unbranched alkanes of at least 4 members (excludes halogenated alkanes) is 9. The molecule has 0 bridgehead atoms. The third-order valence-electron chi connectivity index (χ3n) is 8.79. The number of benzene rings is 1. The molecule has 3 heterocycles. The van der Waals surface area contributed by atoms with Gasteiger partial charge in [0, 0.05) is 53.9 Å². The second-order valence-corrected chi connectivity index (χ2v) is 16.9. The molecule has 4 rings (SSSR count). The molecule has 0 aliphatic heterocycles. The van der Waals surface area contributed by atoms with E-state index in [1.165, 1.54) is 49.9 Å². The predicted molar refractivity (Wildman–Crippen MR) is 205 cm³/mol. The molecular formula is C37H57N7O2S2. The van der Waals surface area contributed by atoms with Crippen LogP contribution in [0.3, 0.4) is 0 Å². The zero-order valence-corrected chi connectivity index (χ0v) is 32.1. The predicted octanol–water partition coefficient (Wildman–Crippen LogP) is 8.27. The minimum absolute atomic E-state index is 0.0909. The van der Waals surface area contributed by atoms with Gasteiger partial charge in [-0.25, -0.2) is 8.42 Å². The first kappa shape index (κ1) is 37.6. The summed E-state index contributed by atoms with van der Waals surface area (Å²) in [7, 11) is 0.505. The monoisotopic (exact) mass is 695 g/mol. The summed E-state index contributed by atoms with van der Waals surface area (Å²) in [5, 5.41) is 16.4. The molecule has 0 saturated heterocycles. The summed E-state index contributed by atoms with van der Waals surface area (Å²) in [6.45, 7) is 14.6. The van der Waals surface area contributed by atoms with Crippen LogP contribution < -0.4 is 19.7 Å². The number of aromatic nitrogens is 4. The van der Waals surface area contributed by atoms with Gasteiger partial charge in [-0.1, -0.05) is 85.5 Å². The topological polar surface area (TPSA) is 95.7 Å². The van der Waals surface area contributed by atoms with Gasteiger partial charge in [0.25, 0.3) is 0 Å². The normalized spacial score (nSPS) is 12.7. The van der Waals surface area contributed by atoms with Gasteiger partial charge in [-0.3, -0.25) is 4.72 Å². The highest BCUT2D eigenvalue weighted by Gasteiger charge is 2.26. The Bertz CT molecular complexity index is 1770. The van der Waals surface area contributed by atoms with Gasteiger partial charge >= 0.3 is 0 Å². The molecule has 0 aliphatic carbocycles. The standard InChI is InChI=1S/C37H57N7O2S2/c1-9-12-13-14-15-16-17-18-19-20-25-48(45,46)41-32-23-21-28(43(10-2)11-3)26-30(32)35-38-39-36-31(34(37(4,5)6)40-44(35)36)27-29-22-24-33(47-29)42(7)8/h21-24,26-27,41H,9-20,25H2,1-8H3. The van der Waals surface area contributed by atoms with Crippen LogP contribution in [0.4, 0.5) is 16.4 Å². The van der Waals surface area contributed by atoms with E-state index < -0.39 is 10.0 Å². The number of hydrogen-bond acceptors (Lipinski definition) is 8. The molecule has 1 N–H and O–H groups in total. The SMILES string of the molecule is CCCCCCCCCCCCS(=O)(=O)Nc1ccc(N(CC)CC)cc1-c1nnc2c(=Cc3ccc(N(C)C)s3)c(C(C)(C)C)nn12. The fourth-order valence-electron chi connectivity index (χ4n) is 6.05. The molecule has 4 aromatic rings. The Morgan fingerprint density at radius 2 is 1.52 bits per heavy atom. The van der Waals surface area contributed by atoms with E-state index in [0.29, 0.717) is 29.1 Å². The molecule has 0 saturated carbocycles. The molecule has 0 spiro atoms. The Morgan fingerprint density at radius 1 is 0.875 bits per heavy atom. The van der Waals surface area contributed by atoms with Crippen molar-refractivity contribution in [2.24, 2.45) is 0 Å². The van der Waals surface area contributed by atoms with Crippen LogP contribution in [0, 0.1) is 0 Å². The van der Waals surface area contributed by atoms with Crippen molar-refractivity contribution in [3.63, 3.8) is 0 Å². The minimum Gasteiger partial charge on any atom is -0.372 e. The number of hydrogen-bond donors (Lipinski definition) is 1. The lowest BCUT2D eigenvalue weighted by atomic mass is 9.91. The molecule has 0 unspecified atom stereocenters. The molecule has 0 amide bonds. The van der Waals surface area contributed by atoms with E-state index in [4.69, 9.17) is 5.10 Å². The van der Waals surface area contributed by atoms with E-state index in [1.807, 2.05) is 32.3 Å². The lowest BCUT2D eigenvalue weighted by Crippen LogP contribution is -2.22. The van der Waals surface area contributed by atoms with E-state index in [1.54, 1.807) is 15.9 Å². The molecular weight excluding hydrogens is 639 g/mol. The fraction of sp³-hybridized carbons (Fsp3) is 0.595. The van der Waals surface area contributed by atoms with Crippen molar-refractivity contribution in [1.82, 2.24) is 19.8 Å². The molecule has 11 heteroatoms. The van der Waals surface area contributed by atoms with Gasteiger partial charge in [0.15, 0.2) is 11.5 Å². The summed E-state index contributed by atoms with van der Waals surface area (Å²) in [5.74, 6) is 0.606. The van der Waals surface area contributed by atoms with E-state index in [2.05, 4.69) is 84.5 Å². The smallest absolute Gasteiger partial charge is 0.232 e. The maximum Gasteiger partial charge on any atom is 0.232 e. The summed E-state index contributed by atoms with van der Waals surface area (Å²) in [5.41, 5.74) is 3.46. The number of rotatable bonds is 19. The van der Waals surface area contributed by atoms with Crippen molar-refractivity contribution in [3.05, 3.63) is 46.1 Å². The minimum atomic E-state index is -3.58. The van der Waals surface area contributed by atoms with Crippen molar-refractivity contribution in [2.45, 2.75) is 111 Å². The Kier molecular flexibility index (Phi) is 13.3. The van der Waals surface area contributed by atoms with Gasteiger partial charge in [-0.05, 0) is 56.7 Å². The van der Waals surface area contributed by atoms with Crippen LogP contribution in [0.25, 0.3) is 23.1 Å². The summed E-state index contributed by atoms with van der Waals surface area (Å²) in [6.07, 6.45) is 13.7. The van der Waals surface area contributed by atoms with Gasteiger partial charge in [-0.2, -0.15) is 9.61 Å². The number of nitrogens with one attached hydrogen (secondary N) is 1. The first-order valence-electron chi connectivity index (χ1n) is 17.8. The van der Waals surface area contributed by atoms with Crippen molar-refractivity contribution in [2.75, 3.05) is 47.5 Å². The van der Waals surface area contributed by atoms with Crippen LogP contribution in [-0.4, -0.2) is 61.2 Å². The van der Waals surface area contributed by atoms with Gasteiger partial charge in [0.05, 0.1) is 22.1 Å². The molecule has 0 aliphatic rings. The Balaban J connectivity index is 1.64. The van der Waals surface area contributed by atoms with Crippen LogP contribution in [-0.2, 0) is 15.4 Å². The first-order chi connectivity index (χ1) is 22.9. The summed E-state index contributed by atoms with van der Waals surface area (Å²) >= 11 is 1.71. The first-order valence-corrected chi connectivity index (χ1v) is 20.3. The van der Waals surface area contributed by atoms with Gasteiger partial charge in [0.1, 0.15) is 0 Å². The van der Waals surface area contributed by atoms with Crippen molar-refractivity contribution < 1.29 is 8.42 Å². The molecule has 1 aromatic carbocycles. The largest absolute Gasteiger partial charge is 0.372 e. The maximum absolute atomic E-state index is 13.4. The van der Waals surface area contributed by atoms with Crippen LogP contribution in [0.2, 0.25) is 0 Å². The van der Waals surface area contributed by atoms with E-state index in [0.717, 1.165) is 47.4 Å². The average molecular weight is 696 g/mol. The fourth-order valence-corrected chi connectivity index (χ4v) is 8.12. The second-order valence-electron chi connectivity index (χ2n) is 14.0. The second kappa shape index (κ2) is 17.0. The molecule has 48 heavy (non-hydrogen) atoms. The zero-order chi connectivity index (χ0) is 34.9. The highest BCUT2D eigenvalue weighted by Crippen LogP contribution is 2.33. The lowest BCUT2D eigenvalue weighted by Gasteiger charge is -2.22. The van der Waals surface area contributed by atoms with Crippen molar-refractivity contribution in [3.8, 4) is 11.4 Å². The van der Waals surface area contributed by atoms with E-state index >= 15 is 0 Å². The molecule has 9 nitrogen and oxygen atoms in total. The summed E-state index contributed by atoms with van der Waals surface area (Å²) in [4.78, 5) is 5.44. The highest BCUT2D eigenvalue weighted by molar-refractivity contribution is 7.92. The van der Waals surface area contributed by atoms with Gasteiger partial charge in [0.2, 0.25) is 10.0 Å². The number of nitrogens with zero attached hydrogens (tertiary/aromatic N) is 6. The third kappa shape index (κ3) is 9.71. The molecule has 0 fully saturated rings. The zero-order valence-electron chi connectivity index (χ0n) is 30.5. The van der Waals surface area contributed by atoms with Crippen LogP contribution in [0.15, 0.2) is 30.3 Å². The number of anilines is 3. The third-order valence-corrected chi connectivity index (χ3v) is 11.3. The Hall–Kier alpha value is -3.18. The number of thiophene rings is 1. The van der Waals surface area contributed by atoms with Crippen LogP contribution >= 0.6 is 11.3 Å². The van der Waals surface area contributed by atoms with Crippen LogP contribution in [0.5, 0.6) is 0 Å². The molecule has 0 atom stereocenters. The summed E-state index contributed by atoms with van der Waals surface area (Å²) < 4.78 is 31.5. The Labute approximate surface area is 292 Å². The van der Waals surface area contributed by atoms with Crippen molar-refractivity contribution in [1.29, 1.82) is 0 Å². The number of fused-ring (bicyclic) bond motifs is 1. The number of sulfonamides is 1. The molecule has 264 valence electrons. The quantitative estimate of drug-likeness (QED) is 0.0987.